The van der Waals surface area contributed by atoms with E-state index in [0.717, 1.165) is 171 Å². The molecule has 9 nitrogen and oxygen atoms in total. The summed E-state index contributed by atoms with van der Waals surface area (Å²) in [5, 5.41) is 13.5. The minimum absolute atomic E-state index is 0.521. The van der Waals surface area contributed by atoms with E-state index in [0.29, 0.717) is 17.5 Å². The minimum Gasteiger partial charge on any atom is -0.309 e. The molecule has 16 aromatic carbocycles. The first-order valence-electron chi connectivity index (χ1n) is 38.9. The molecule has 0 aliphatic rings. The van der Waals surface area contributed by atoms with Gasteiger partial charge in [0.05, 0.1) is 83.2 Å². The zero-order valence-electron chi connectivity index (χ0n) is 61.6. The van der Waals surface area contributed by atoms with E-state index in [4.69, 9.17) is 15.0 Å². The summed E-state index contributed by atoms with van der Waals surface area (Å²) in [5.41, 5.74) is 25.2. The molecule has 0 aliphatic carbocycles. The molecular weight excluding hydrogens is 1390 g/mol. The van der Waals surface area contributed by atoms with Crippen LogP contribution in [0.2, 0.25) is 0 Å². The van der Waals surface area contributed by atoms with Crippen LogP contribution in [0.5, 0.6) is 0 Å². The van der Waals surface area contributed by atoms with Gasteiger partial charge in [-0.2, -0.15) is 0 Å². The predicted molar refractivity (Wildman–Crippen MR) is 473 cm³/mol. The fourth-order valence-corrected chi connectivity index (χ4v) is 18.7. The zero-order chi connectivity index (χ0) is 74.6. The average Bonchev–Trinajstić information content (AvgIpc) is 1.46. The fourth-order valence-electron chi connectivity index (χ4n) is 18.7. The van der Waals surface area contributed by atoms with Crippen LogP contribution in [0.4, 0.5) is 0 Å². The Labute approximate surface area is 653 Å². The topological polar surface area (TPSA) is 68.2 Å². The van der Waals surface area contributed by atoms with E-state index in [1.807, 2.05) is 0 Å². The van der Waals surface area contributed by atoms with Crippen molar-refractivity contribution in [2.24, 2.45) is 0 Å². The fraction of sp³-hybridized carbons (Fsp3) is 0. The zero-order valence-corrected chi connectivity index (χ0v) is 61.6. The van der Waals surface area contributed by atoms with Gasteiger partial charge < -0.3 is 18.3 Å². The molecule has 0 aliphatic heterocycles. The Hall–Kier alpha value is -15.5. The normalized spacial score (nSPS) is 12.0. The highest BCUT2D eigenvalue weighted by Gasteiger charge is 2.35. The van der Waals surface area contributed by atoms with Crippen LogP contribution in [-0.2, 0) is 0 Å². The van der Waals surface area contributed by atoms with Crippen molar-refractivity contribution in [1.82, 2.24) is 42.4 Å². The van der Waals surface area contributed by atoms with Crippen molar-refractivity contribution in [2.75, 3.05) is 0 Å². The van der Waals surface area contributed by atoms with Gasteiger partial charge in [-0.3, -0.25) is 9.13 Å². The van der Waals surface area contributed by atoms with Crippen LogP contribution >= 0.6 is 0 Å². The van der Waals surface area contributed by atoms with Gasteiger partial charge in [-0.25, -0.2) is 15.0 Å². The molecule has 0 radical (unpaired) electrons. The van der Waals surface area contributed by atoms with Crippen molar-refractivity contribution in [3.63, 3.8) is 0 Å². The van der Waals surface area contributed by atoms with Gasteiger partial charge in [0.25, 0.3) is 0 Å². The highest BCUT2D eigenvalue weighted by molar-refractivity contribution is 6.18. The smallest absolute Gasteiger partial charge is 0.165 e. The number of pyridine rings is 1. The van der Waals surface area contributed by atoms with Crippen molar-refractivity contribution in [3.05, 3.63) is 394 Å². The molecule has 24 aromatic rings. The van der Waals surface area contributed by atoms with Gasteiger partial charge in [0.15, 0.2) is 17.5 Å². The van der Waals surface area contributed by atoms with Crippen LogP contribution in [0.25, 0.3) is 221 Å². The van der Waals surface area contributed by atoms with Crippen molar-refractivity contribution in [1.29, 1.82) is 0 Å². The monoisotopic (exact) mass is 1450 g/mol. The molecule has 9 heteroatoms. The summed E-state index contributed by atoms with van der Waals surface area (Å²) in [4.78, 5) is 18.9. The van der Waals surface area contributed by atoms with Crippen LogP contribution in [-0.4, -0.2) is 42.4 Å². The summed E-state index contributed by atoms with van der Waals surface area (Å²) >= 11 is 0. The van der Waals surface area contributed by atoms with Gasteiger partial charge >= 0.3 is 0 Å². The van der Waals surface area contributed by atoms with E-state index >= 15 is 0 Å². The Bertz CT molecular complexity index is 7520. The molecule has 24 rings (SSSR count). The number of fused-ring (bicyclic) bond motifs is 18. The molecule has 0 amide bonds. The summed E-state index contributed by atoms with van der Waals surface area (Å²) < 4.78 is 14.6. The minimum atomic E-state index is 0.521. The molecule has 0 saturated carbocycles. The van der Waals surface area contributed by atoms with Crippen molar-refractivity contribution in [2.45, 2.75) is 0 Å². The summed E-state index contributed by atoms with van der Waals surface area (Å²) in [5.74, 6) is 1.89. The molecule has 0 fully saturated rings. The number of para-hydroxylation sites is 10. The van der Waals surface area contributed by atoms with Crippen LogP contribution in [0.15, 0.2) is 394 Å². The molecule has 0 bridgehead atoms. The van der Waals surface area contributed by atoms with E-state index < -0.39 is 0 Å². The van der Waals surface area contributed by atoms with Gasteiger partial charge in [0.1, 0.15) is 11.4 Å². The first kappa shape index (κ1) is 63.5. The van der Waals surface area contributed by atoms with E-state index in [2.05, 4.69) is 422 Å². The molecule has 0 atom stereocenters. The molecule has 0 spiro atoms. The summed E-state index contributed by atoms with van der Waals surface area (Å²) in [6.45, 7) is 0. The standard InChI is InChI=1S/C105H65N9/c1-5-29-66(30-6-1)86-65-87(67-31-7-2-8-32-67)107-103(106-86)100-101(111-90-47-23-13-37-74(90)75-38-14-24-48-91(75)111)104(113-94-51-27-19-43-80(94)84-63-70(55-59-98(84)113)68-53-57-96-82(61-68)78-41-17-21-45-88(78)109(96)72-33-9-3-10-34-72)108-105(102(100)112-92-49-25-15-39-76(92)77-40-16-26-50-93(77)112)114-95-52-28-20-44-81(95)85-64-71(56-60-99(85)114)69-54-58-97-83(62-69)79-42-18-22-46-89(79)110(97)73-35-11-4-12-36-73/h1-65H. The second kappa shape index (κ2) is 25.0. The molecule has 530 valence electrons. The predicted octanol–water partition coefficient (Wildman–Crippen LogP) is 26.8. The third kappa shape index (κ3) is 9.50. The maximum absolute atomic E-state index is 6.71. The highest BCUT2D eigenvalue weighted by atomic mass is 15.2. The number of nitrogens with zero attached hydrogens (tertiary/aromatic N) is 9. The van der Waals surface area contributed by atoms with Crippen LogP contribution < -0.4 is 0 Å². The van der Waals surface area contributed by atoms with Crippen molar-refractivity contribution < 1.29 is 0 Å². The molecule has 8 aromatic heterocycles. The van der Waals surface area contributed by atoms with Gasteiger partial charge in [-0.15, -0.1) is 0 Å². The Balaban J connectivity index is 0.865. The Morgan fingerprint density at radius 1 is 0.158 bits per heavy atom. The van der Waals surface area contributed by atoms with Crippen LogP contribution in [0.3, 0.4) is 0 Å². The van der Waals surface area contributed by atoms with Gasteiger partial charge in [0.2, 0.25) is 0 Å². The van der Waals surface area contributed by atoms with Gasteiger partial charge in [-0.1, -0.05) is 267 Å². The molecule has 0 N–H and O–H groups in total. The van der Waals surface area contributed by atoms with Crippen LogP contribution in [0, 0.1) is 0 Å². The molecular formula is C105H65N9. The third-order valence-corrected chi connectivity index (χ3v) is 23.6. The van der Waals surface area contributed by atoms with E-state index in [1.54, 1.807) is 0 Å². The maximum atomic E-state index is 6.71. The second-order valence-electron chi connectivity index (χ2n) is 29.8. The van der Waals surface area contributed by atoms with Gasteiger partial charge in [0, 0.05) is 87.1 Å². The lowest BCUT2D eigenvalue weighted by atomic mass is 10.0. The van der Waals surface area contributed by atoms with Crippen molar-refractivity contribution >= 4 is 131 Å². The van der Waals surface area contributed by atoms with E-state index in [-0.39, 0.29) is 0 Å². The largest absolute Gasteiger partial charge is 0.309 e. The number of benzene rings is 16. The molecule has 0 unspecified atom stereocenters. The first-order chi connectivity index (χ1) is 56.6. The highest BCUT2D eigenvalue weighted by Crippen LogP contribution is 2.51. The summed E-state index contributed by atoms with van der Waals surface area (Å²) in [6.07, 6.45) is 0. The quantitative estimate of drug-likeness (QED) is 0.130. The molecule has 0 saturated heterocycles. The lowest BCUT2D eigenvalue weighted by Crippen LogP contribution is -2.17. The van der Waals surface area contributed by atoms with E-state index in [1.165, 1.54) is 32.6 Å². The number of aromatic nitrogens is 9. The lowest BCUT2D eigenvalue weighted by molar-refractivity contribution is 0.955. The Kier molecular flexibility index (Phi) is 13.9. The summed E-state index contributed by atoms with van der Waals surface area (Å²) in [6, 6.07) is 144. The molecule has 8 heterocycles. The number of hydrogen-bond donors (Lipinski definition) is 0. The summed E-state index contributed by atoms with van der Waals surface area (Å²) in [7, 11) is 0. The SMILES string of the molecule is c1ccc(-c2cc(-c3ccccc3)nc(-c3c(-n4c5ccccc5c5ccccc54)c(-n4c5ccccc5c5cc(-c6ccc7c(c6)c6ccccc6n7-c6ccccc6)ccc54)nc(-n4c5ccccc5c5cc(-c6ccc7c(c6)c6ccccc6n7-c6ccccc6)ccc54)c3-n3c4ccccc4c4ccccc43)n2)cc1. The van der Waals surface area contributed by atoms with Gasteiger partial charge in [-0.05, 0) is 150 Å². The molecule has 114 heavy (non-hydrogen) atoms. The average molecular weight is 1450 g/mol. The lowest BCUT2D eigenvalue weighted by Gasteiger charge is -2.26. The third-order valence-electron chi connectivity index (χ3n) is 23.6. The van der Waals surface area contributed by atoms with E-state index in [9.17, 15) is 0 Å². The van der Waals surface area contributed by atoms with Crippen LogP contribution in [0.1, 0.15) is 0 Å². The number of rotatable bonds is 11. The van der Waals surface area contributed by atoms with Crippen molar-refractivity contribution in [3.8, 4) is 90.5 Å². The maximum Gasteiger partial charge on any atom is 0.165 e. The second-order valence-corrected chi connectivity index (χ2v) is 29.8. The Morgan fingerprint density at radius 3 is 0.684 bits per heavy atom. The Morgan fingerprint density at radius 2 is 0.386 bits per heavy atom. The number of hydrogen-bond acceptors (Lipinski definition) is 3. The first-order valence-corrected chi connectivity index (χ1v) is 38.9.